The van der Waals surface area contributed by atoms with Crippen LogP contribution in [0.15, 0.2) is 18.2 Å². The number of nitro benzene ring substituents is 1. The molecule has 0 fully saturated rings. The largest absolute Gasteiger partial charge is 0.352 e. The Bertz CT molecular complexity index is 522. The molecule has 1 aromatic carbocycles. The summed E-state index contributed by atoms with van der Waals surface area (Å²) in [5, 5.41) is 13.8. The molecular formula is C15H21ClN2O3. The maximum absolute atomic E-state index is 12.2. The minimum absolute atomic E-state index is 0.136. The van der Waals surface area contributed by atoms with Gasteiger partial charge in [0.2, 0.25) is 0 Å². The Balaban J connectivity index is 2.84. The Kier molecular flexibility index (Phi) is 6.15. The topological polar surface area (TPSA) is 72.2 Å². The smallest absolute Gasteiger partial charge is 0.270 e. The average molecular weight is 313 g/mol. The summed E-state index contributed by atoms with van der Waals surface area (Å²) in [6, 6.07) is 3.86. The lowest BCUT2D eigenvalue weighted by Gasteiger charge is -2.25. The van der Waals surface area contributed by atoms with Crippen LogP contribution < -0.4 is 5.32 Å². The fourth-order valence-electron chi connectivity index (χ4n) is 2.35. The minimum atomic E-state index is -0.544. The SMILES string of the molecule is CC(C)C(CNC(=O)c1cc([N+](=O)[O-])ccc1Cl)C(C)C. The standard InChI is InChI=1S/C15H21ClN2O3/c1-9(2)13(10(3)4)8-17-15(19)12-7-11(18(20)21)5-6-14(12)16/h5-7,9-10,13H,8H2,1-4H3,(H,17,19). The lowest BCUT2D eigenvalue weighted by Crippen LogP contribution is -2.34. The van der Waals surface area contributed by atoms with Gasteiger partial charge in [-0.3, -0.25) is 14.9 Å². The molecule has 21 heavy (non-hydrogen) atoms. The van der Waals surface area contributed by atoms with Crippen molar-refractivity contribution in [1.82, 2.24) is 5.32 Å². The first kappa shape index (κ1) is 17.4. The van der Waals surface area contributed by atoms with E-state index in [1.54, 1.807) is 0 Å². The molecule has 0 aliphatic carbocycles. The Labute approximate surface area is 129 Å². The van der Waals surface area contributed by atoms with Crippen LogP contribution in [0.4, 0.5) is 5.69 Å². The second kappa shape index (κ2) is 7.41. The Morgan fingerprint density at radius 3 is 2.33 bits per heavy atom. The van der Waals surface area contributed by atoms with Gasteiger partial charge >= 0.3 is 0 Å². The van der Waals surface area contributed by atoms with Crippen molar-refractivity contribution >= 4 is 23.2 Å². The zero-order valence-electron chi connectivity index (χ0n) is 12.7. The Morgan fingerprint density at radius 2 is 1.86 bits per heavy atom. The summed E-state index contributed by atoms with van der Waals surface area (Å²) in [5.74, 6) is 0.832. The molecule has 1 amide bonds. The lowest BCUT2D eigenvalue weighted by atomic mass is 9.85. The summed E-state index contributed by atoms with van der Waals surface area (Å²) in [6.45, 7) is 8.95. The first-order chi connectivity index (χ1) is 9.73. The van der Waals surface area contributed by atoms with Gasteiger partial charge in [0.1, 0.15) is 0 Å². The molecule has 6 heteroatoms. The third-order valence-electron chi connectivity index (χ3n) is 3.62. The summed E-state index contributed by atoms with van der Waals surface area (Å²) >= 11 is 5.95. The molecule has 116 valence electrons. The predicted molar refractivity (Wildman–Crippen MR) is 83.6 cm³/mol. The van der Waals surface area contributed by atoms with Crippen LogP contribution >= 0.6 is 11.6 Å². The van der Waals surface area contributed by atoms with Crippen molar-refractivity contribution < 1.29 is 9.72 Å². The van der Waals surface area contributed by atoms with Gasteiger partial charge < -0.3 is 5.32 Å². The number of carbonyl (C=O) groups is 1. The fraction of sp³-hybridized carbons (Fsp3) is 0.533. The molecule has 0 bridgehead atoms. The van der Waals surface area contributed by atoms with Crippen molar-refractivity contribution in [2.45, 2.75) is 27.7 Å². The number of amides is 1. The summed E-state index contributed by atoms with van der Waals surface area (Å²) in [7, 11) is 0. The summed E-state index contributed by atoms with van der Waals surface area (Å²) in [5.41, 5.74) is -0.00838. The van der Waals surface area contributed by atoms with Gasteiger partial charge in [-0.2, -0.15) is 0 Å². The first-order valence-corrected chi connectivity index (χ1v) is 7.34. The lowest BCUT2D eigenvalue weighted by molar-refractivity contribution is -0.384. The molecular weight excluding hydrogens is 292 g/mol. The third kappa shape index (κ3) is 4.70. The van der Waals surface area contributed by atoms with E-state index in [4.69, 9.17) is 11.6 Å². The highest BCUT2D eigenvalue weighted by Gasteiger charge is 2.20. The molecule has 1 rings (SSSR count). The molecule has 1 N–H and O–H groups in total. The average Bonchev–Trinajstić information content (AvgIpc) is 2.37. The van der Waals surface area contributed by atoms with E-state index in [1.165, 1.54) is 18.2 Å². The van der Waals surface area contributed by atoms with Gasteiger partial charge in [0.05, 0.1) is 15.5 Å². The molecule has 0 aliphatic heterocycles. The first-order valence-electron chi connectivity index (χ1n) is 6.96. The molecule has 1 aromatic rings. The molecule has 0 saturated heterocycles. The van der Waals surface area contributed by atoms with Crippen LogP contribution in [0.1, 0.15) is 38.1 Å². The van der Waals surface area contributed by atoms with E-state index < -0.39 is 4.92 Å². The Hall–Kier alpha value is -1.62. The fourth-order valence-corrected chi connectivity index (χ4v) is 2.55. The van der Waals surface area contributed by atoms with Crippen LogP contribution in [0.3, 0.4) is 0 Å². The van der Waals surface area contributed by atoms with Crippen LogP contribution in [0.5, 0.6) is 0 Å². The number of carbonyl (C=O) groups excluding carboxylic acids is 1. The van der Waals surface area contributed by atoms with Crippen LogP contribution in [0, 0.1) is 27.9 Å². The van der Waals surface area contributed by atoms with E-state index in [-0.39, 0.29) is 22.2 Å². The molecule has 0 unspecified atom stereocenters. The van der Waals surface area contributed by atoms with E-state index in [9.17, 15) is 14.9 Å². The van der Waals surface area contributed by atoms with Gasteiger partial charge in [-0.05, 0) is 23.8 Å². The van der Waals surface area contributed by atoms with Crippen molar-refractivity contribution in [1.29, 1.82) is 0 Å². The van der Waals surface area contributed by atoms with Gasteiger partial charge in [0.15, 0.2) is 0 Å². The second-order valence-electron chi connectivity index (χ2n) is 5.78. The number of rotatable bonds is 6. The highest BCUT2D eigenvalue weighted by molar-refractivity contribution is 6.33. The quantitative estimate of drug-likeness (QED) is 0.639. The van der Waals surface area contributed by atoms with Gasteiger partial charge in [0, 0.05) is 18.7 Å². The van der Waals surface area contributed by atoms with Crippen molar-refractivity contribution in [3.63, 3.8) is 0 Å². The summed E-state index contributed by atoms with van der Waals surface area (Å²) in [4.78, 5) is 22.4. The monoisotopic (exact) mass is 312 g/mol. The minimum Gasteiger partial charge on any atom is -0.352 e. The van der Waals surface area contributed by atoms with Gasteiger partial charge in [-0.15, -0.1) is 0 Å². The number of nitrogens with zero attached hydrogens (tertiary/aromatic N) is 1. The number of benzene rings is 1. The molecule has 5 nitrogen and oxygen atoms in total. The van der Waals surface area contributed by atoms with E-state index in [0.717, 1.165) is 0 Å². The van der Waals surface area contributed by atoms with Crippen LogP contribution in [-0.2, 0) is 0 Å². The third-order valence-corrected chi connectivity index (χ3v) is 3.95. The van der Waals surface area contributed by atoms with Crippen LogP contribution in [0.2, 0.25) is 5.02 Å². The van der Waals surface area contributed by atoms with Crippen LogP contribution in [0.25, 0.3) is 0 Å². The molecule has 0 heterocycles. The van der Waals surface area contributed by atoms with Gasteiger partial charge in [0.25, 0.3) is 11.6 Å². The Morgan fingerprint density at radius 1 is 1.29 bits per heavy atom. The van der Waals surface area contributed by atoms with E-state index in [0.29, 0.717) is 24.3 Å². The summed E-state index contributed by atoms with van der Waals surface area (Å²) in [6.07, 6.45) is 0. The molecule has 0 atom stereocenters. The number of nitrogens with one attached hydrogen (secondary N) is 1. The van der Waals surface area contributed by atoms with E-state index >= 15 is 0 Å². The number of hydrogen-bond donors (Lipinski definition) is 1. The number of nitro groups is 1. The molecule has 0 spiro atoms. The molecule has 0 aromatic heterocycles. The zero-order valence-corrected chi connectivity index (χ0v) is 13.5. The molecule has 0 aliphatic rings. The van der Waals surface area contributed by atoms with E-state index in [1.807, 2.05) is 0 Å². The number of hydrogen-bond acceptors (Lipinski definition) is 3. The summed E-state index contributed by atoms with van der Waals surface area (Å²) < 4.78 is 0. The maximum Gasteiger partial charge on any atom is 0.270 e. The van der Waals surface area contributed by atoms with E-state index in [2.05, 4.69) is 33.0 Å². The highest BCUT2D eigenvalue weighted by Crippen LogP contribution is 2.23. The van der Waals surface area contributed by atoms with Crippen molar-refractivity contribution in [2.24, 2.45) is 17.8 Å². The van der Waals surface area contributed by atoms with Crippen LogP contribution in [-0.4, -0.2) is 17.4 Å². The second-order valence-corrected chi connectivity index (χ2v) is 6.19. The van der Waals surface area contributed by atoms with Crippen molar-refractivity contribution in [3.8, 4) is 0 Å². The van der Waals surface area contributed by atoms with Gasteiger partial charge in [-0.1, -0.05) is 39.3 Å². The van der Waals surface area contributed by atoms with Gasteiger partial charge in [-0.25, -0.2) is 0 Å². The molecule has 0 saturated carbocycles. The highest BCUT2D eigenvalue weighted by atomic mass is 35.5. The zero-order chi connectivity index (χ0) is 16.2. The number of non-ortho nitro benzene ring substituents is 1. The number of halogens is 1. The normalized spacial score (nSPS) is 11.2. The predicted octanol–water partition coefficient (Wildman–Crippen LogP) is 3.91. The van der Waals surface area contributed by atoms with Crippen molar-refractivity contribution in [3.05, 3.63) is 38.9 Å². The molecule has 0 radical (unpaired) electrons. The maximum atomic E-state index is 12.2. The van der Waals surface area contributed by atoms with Crippen molar-refractivity contribution in [2.75, 3.05) is 6.54 Å².